The smallest absolute Gasteiger partial charge is 0.193 e. The third kappa shape index (κ3) is 3.02. The van der Waals surface area contributed by atoms with Gasteiger partial charge in [0.05, 0.1) is 6.04 Å². The lowest BCUT2D eigenvalue weighted by Crippen LogP contribution is -2.45. The lowest BCUT2D eigenvalue weighted by molar-refractivity contribution is 0.102. The van der Waals surface area contributed by atoms with Crippen LogP contribution in [0.5, 0.6) is 0 Å². The maximum absolute atomic E-state index is 13.4. The molecule has 1 N–H and O–H groups in total. The largest absolute Gasteiger partial charge is 0.351 e. The fourth-order valence-electron chi connectivity index (χ4n) is 3.61. The van der Waals surface area contributed by atoms with Crippen molar-refractivity contribution in [2.45, 2.75) is 13.0 Å². The monoisotopic (exact) mass is 372 g/mol. The second-order valence-corrected chi connectivity index (χ2v) is 7.09. The molecule has 0 saturated carbocycles. The number of hydrogen-bond donors (Lipinski definition) is 1. The summed E-state index contributed by atoms with van der Waals surface area (Å²) in [4.78, 5) is 15.3. The molecule has 4 rings (SSSR count). The van der Waals surface area contributed by atoms with E-state index in [-0.39, 0.29) is 11.8 Å². The van der Waals surface area contributed by atoms with E-state index in [1.807, 2.05) is 67.4 Å². The van der Waals surface area contributed by atoms with Crippen LogP contribution in [0.4, 0.5) is 0 Å². The molecule has 1 aliphatic heterocycles. The molecule has 0 aromatic heterocycles. The predicted octanol–water partition coefficient (Wildman–Crippen LogP) is 4.86. The van der Waals surface area contributed by atoms with Crippen LogP contribution in [-0.2, 0) is 0 Å². The van der Waals surface area contributed by atoms with Crippen molar-refractivity contribution in [2.75, 3.05) is 7.05 Å². The molecule has 4 heteroatoms. The van der Waals surface area contributed by atoms with Crippen molar-refractivity contribution in [1.29, 1.82) is 0 Å². The van der Waals surface area contributed by atoms with Gasteiger partial charge in [0.2, 0.25) is 0 Å². The third-order valence-electron chi connectivity index (χ3n) is 5.17. The molecule has 0 saturated heterocycles. The summed E-state index contributed by atoms with van der Waals surface area (Å²) in [6.45, 7) is 1.96. The molecule has 3 nitrogen and oxygen atoms in total. The zero-order valence-corrected chi connectivity index (χ0v) is 16.1. The lowest BCUT2D eigenvalue weighted by Gasteiger charge is -2.36. The molecule has 0 bridgehead atoms. The summed E-state index contributed by atoms with van der Waals surface area (Å²) in [5.74, 6) is 0.0212. The number of carbonyl (C=O) groups is 1. The summed E-state index contributed by atoms with van der Waals surface area (Å²) in [5, 5.41) is 6.27. The number of ketones is 1. The minimum atomic E-state index is -0.285. The molecule has 1 unspecified atom stereocenters. The van der Waals surface area contributed by atoms with Gasteiger partial charge in [0.25, 0.3) is 0 Å². The minimum absolute atomic E-state index is 0.0212. The summed E-state index contributed by atoms with van der Waals surface area (Å²) in [5.41, 5.74) is 3.35. The Bertz CT molecular complexity index is 1070. The number of Topliss-reactive ketones (excluding diaryl/α,β-unsaturated/α-hetero) is 1. The molecular formula is C23H20N2OS. The fourth-order valence-corrected chi connectivity index (χ4v) is 3.87. The van der Waals surface area contributed by atoms with Gasteiger partial charge in [0.15, 0.2) is 10.9 Å². The molecule has 3 aromatic carbocycles. The Morgan fingerprint density at radius 3 is 2.41 bits per heavy atom. The van der Waals surface area contributed by atoms with Crippen LogP contribution in [0, 0.1) is 0 Å². The Morgan fingerprint density at radius 1 is 0.963 bits per heavy atom. The maximum atomic E-state index is 13.4. The number of hydrogen-bond acceptors (Lipinski definition) is 2. The predicted molar refractivity (Wildman–Crippen MR) is 114 cm³/mol. The number of rotatable bonds is 3. The highest BCUT2D eigenvalue weighted by molar-refractivity contribution is 7.80. The molecular weight excluding hydrogens is 352 g/mol. The molecule has 134 valence electrons. The van der Waals surface area contributed by atoms with E-state index in [4.69, 9.17) is 12.2 Å². The van der Waals surface area contributed by atoms with Gasteiger partial charge < -0.3 is 10.2 Å². The number of nitrogens with zero attached hydrogens (tertiary/aromatic N) is 1. The van der Waals surface area contributed by atoms with E-state index >= 15 is 0 Å². The number of benzene rings is 3. The van der Waals surface area contributed by atoms with Crippen LogP contribution in [0.15, 0.2) is 84.1 Å². The first-order chi connectivity index (χ1) is 13.1. The molecule has 27 heavy (non-hydrogen) atoms. The van der Waals surface area contributed by atoms with Crippen molar-refractivity contribution in [3.05, 3.63) is 95.2 Å². The van der Waals surface area contributed by atoms with Crippen LogP contribution in [0.2, 0.25) is 0 Å². The van der Waals surface area contributed by atoms with Crippen LogP contribution in [-0.4, -0.2) is 22.8 Å². The number of allylic oxidation sites excluding steroid dienone is 1. The van der Waals surface area contributed by atoms with Crippen LogP contribution in [0.1, 0.15) is 28.9 Å². The second kappa shape index (κ2) is 6.97. The van der Waals surface area contributed by atoms with Crippen molar-refractivity contribution in [2.24, 2.45) is 0 Å². The van der Waals surface area contributed by atoms with Crippen molar-refractivity contribution in [1.82, 2.24) is 10.2 Å². The standard InChI is InChI=1S/C23H20N2OS/c1-15-20(22(26)17-10-4-3-5-11-17)21(24-23(27)25(15)2)19-14-8-12-16-9-6-7-13-18(16)19/h3-14,21H,1-2H3,(H,24,27). The Kier molecular flexibility index (Phi) is 4.50. The van der Waals surface area contributed by atoms with Gasteiger partial charge in [0, 0.05) is 23.9 Å². The topological polar surface area (TPSA) is 32.3 Å². The molecule has 0 spiro atoms. The molecule has 0 aliphatic carbocycles. The number of thiocarbonyl (C=S) groups is 1. The highest BCUT2D eigenvalue weighted by atomic mass is 32.1. The molecule has 0 amide bonds. The Balaban J connectivity index is 1.92. The molecule has 0 radical (unpaired) electrons. The highest BCUT2D eigenvalue weighted by Crippen LogP contribution is 2.35. The van der Waals surface area contributed by atoms with E-state index in [1.54, 1.807) is 0 Å². The second-order valence-electron chi connectivity index (χ2n) is 6.70. The van der Waals surface area contributed by atoms with Crippen LogP contribution < -0.4 is 5.32 Å². The Hall–Kier alpha value is -2.98. The fraction of sp³-hybridized carbons (Fsp3) is 0.130. The summed E-state index contributed by atoms with van der Waals surface area (Å²) in [6.07, 6.45) is 0. The number of carbonyl (C=O) groups excluding carboxylic acids is 1. The Labute approximate surface area is 164 Å². The SMILES string of the molecule is CC1=C(C(=O)c2ccccc2)C(c2cccc3ccccc23)NC(=S)N1C. The maximum Gasteiger partial charge on any atom is 0.193 e. The molecule has 3 aromatic rings. The van der Waals surface area contributed by atoms with E-state index in [2.05, 4.69) is 29.6 Å². The molecule has 1 aliphatic rings. The first-order valence-corrected chi connectivity index (χ1v) is 9.31. The molecule has 1 heterocycles. The first kappa shape index (κ1) is 17.4. The van der Waals surface area contributed by atoms with Crippen LogP contribution in [0.25, 0.3) is 10.8 Å². The van der Waals surface area contributed by atoms with E-state index in [0.717, 1.165) is 27.6 Å². The van der Waals surface area contributed by atoms with E-state index < -0.39 is 0 Å². The number of fused-ring (bicyclic) bond motifs is 1. The number of nitrogens with one attached hydrogen (secondary N) is 1. The van der Waals surface area contributed by atoms with Crippen LogP contribution >= 0.6 is 12.2 Å². The van der Waals surface area contributed by atoms with E-state index in [9.17, 15) is 4.79 Å². The summed E-state index contributed by atoms with van der Waals surface area (Å²) >= 11 is 5.53. The zero-order chi connectivity index (χ0) is 19.0. The van der Waals surface area contributed by atoms with Gasteiger partial charge in [-0.25, -0.2) is 0 Å². The van der Waals surface area contributed by atoms with Gasteiger partial charge >= 0.3 is 0 Å². The van der Waals surface area contributed by atoms with E-state index in [1.165, 1.54) is 0 Å². The van der Waals surface area contributed by atoms with Gasteiger partial charge in [-0.05, 0) is 35.5 Å². The Morgan fingerprint density at radius 2 is 1.63 bits per heavy atom. The van der Waals surface area contributed by atoms with Crippen LogP contribution in [0.3, 0.4) is 0 Å². The highest BCUT2D eigenvalue weighted by Gasteiger charge is 2.33. The van der Waals surface area contributed by atoms with Gasteiger partial charge in [0.1, 0.15) is 0 Å². The van der Waals surface area contributed by atoms with Gasteiger partial charge in [-0.2, -0.15) is 0 Å². The normalized spacial score (nSPS) is 17.2. The minimum Gasteiger partial charge on any atom is -0.351 e. The molecule has 1 atom stereocenters. The van der Waals surface area contributed by atoms with Crippen molar-refractivity contribution < 1.29 is 4.79 Å². The van der Waals surface area contributed by atoms with E-state index in [0.29, 0.717) is 10.7 Å². The van der Waals surface area contributed by atoms with Crippen molar-refractivity contribution in [3.8, 4) is 0 Å². The quantitative estimate of drug-likeness (QED) is 0.526. The third-order valence-corrected chi connectivity index (χ3v) is 5.56. The summed E-state index contributed by atoms with van der Waals surface area (Å²) in [7, 11) is 1.89. The summed E-state index contributed by atoms with van der Waals surface area (Å²) < 4.78 is 0. The average molecular weight is 372 g/mol. The first-order valence-electron chi connectivity index (χ1n) is 8.90. The van der Waals surface area contributed by atoms with Crippen molar-refractivity contribution in [3.63, 3.8) is 0 Å². The van der Waals surface area contributed by atoms with Gasteiger partial charge in [-0.1, -0.05) is 72.8 Å². The van der Waals surface area contributed by atoms with Gasteiger partial charge in [-0.3, -0.25) is 4.79 Å². The lowest BCUT2D eigenvalue weighted by atomic mass is 9.87. The van der Waals surface area contributed by atoms with Crippen molar-refractivity contribution >= 4 is 33.9 Å². The van der Waals surface area contributed by atoms with Gasteiger partial charge in [-0.15, -0.1) is 0 Å². The molecule has 0 fully saturated rings. The summed E-state index contributed by atoms with van der Waals surface area (Å²) in [6, 6.07) is 23.5. The average Bonchev–Trinajstić information content (AvgIpc) is 2.71. The zero-order valence-electron chi connectivity index (χ0n) is 15.3.